The molecular weight excluding hydrogens is 276 g/mol. The van der Waals surface area contributed by atoms with Crippen molar-refractivity contribution in [1.82, 2.24) is 9.47 Å². The van der Waals surface area contributed by atoms with Gasteiger partial charge in [0.15, 0.2) is 0 Å². The lowest BCUT2D eigenvalue weighted by Gasteiger charge is -2.14. The van der Waals surface area contributed by atoms with E-state index in [1.165, 1.54) is 0 Å². The minimum Gasteiger partial charge on any atom is -0.480 e. The van der Waals surface area contributed by atoms with Crippen LogP contribution in [0.2, 0.25) is 0 Å². The Hall–Kier alpha value is -1.69. The lowest BCUT2D eigenvalue weighted by Crippen LogP contribution is -2.35. The number of amides is 1. The van der Waals surface area contributed by atoms with Crippen LogP contribution in [-0.2, 0) is 11.2 Å². The summed E-state index contributed by atoms with van der Waals surface area (Å²) in [4.78, 5) is 24.6. The summed E-state index contributed by atoms with van der Waals surface area (Å²) in [6.07, 6.45) is 0.881. The van der Waals surface area contributed by atoms with Crippen molar-refractivity contribution in [3.8, 4) is 0 Å². The van der Waals surface area contributed by atoms with Crippen LogP contribution in [0.15, 0.2) is 0 Å². The van der Waals surface area contributed by atoms with E-state index in [-0.39, 0.29) is 6.03 Å². The molecule has 0 unspecified atom stereocenters. The van der Waals surface area contributed by atoms with Crippen LogP contribution in [0.25, 0.3) is 0 Å². The predicted octanol–water partition coefficient (Wildman–Crippen LogP) is 2.35. The van der Waals surface area contributed by atoms with Gasteiger partial charge in [-0.25, -0.2) is 4.79 Å². The number of hydrogen-bond donors (Lipinski definition) is 1. The first kappa shape index (κ1) is 14.7. The predicted molar refractivity (Wildman–Crippen MR) is 79.3 cm³/mol. The van der Waals surface area contributed by atoms with Crippen molar-refractivity contribution < 1.29 is 14.7 Å². The summed E-state index contributed by atoms with van der Waals surface area (Å²) in [5.41, 5.74) is 3.67. The first-order chi connectivity index (χ1) is 9.25. The second-order valence-corrected chi connectivity index (χ2v) is 5.93. The number of carboxylic acid groups (broad SMARTS) is 1. The molecule has 1 aromatic heterocycles. The minimum atomic E-state index is -1.07. The standard InChI is InChI=1S/C14H18N2O3S/c1-7(2)5-10-8(3)12-13(20)15(6-11(17)18)14(19)16(12)9(10)4/h7H,5-6H2,1-4H3,(H,17,18). The molecule has 0 radical (unpaired) electrons. The average molecular weight is 294 g/mol. The van der Waals surface area contributed by atoms with Crippen molar-refractivity contribution in [2.75, 3.05) is 6.54 Å². The number of thiocarbonyl (C=S) groups is 1. The molecule has 1 aliphatic heterocycles. The highest BCUT2D eigenvalue weighted by molar-refractivity contribution is 7.80. The number of nitrogens with zero attached hydrogens (tertiary/aromatic N) is 2. The van der Waals surface area contributed by atoms with Gasteiger partial charge in [0.2, 0.25) is 0 Å². The molecule has 0 fully saturated rings. The Labute approximate surface area is 123 Å². The van der Waals surface area contributed by atoms with Crippen LogP contribution in [0.3, 0.4) is 0 Å². The zero-order valence-corrected chi connectivity index (χ0v) is 12.9. The normalized spacial score (nSPS) is 14.3. The molecule has 0 aromatic carbocycles. The highest BCUT2D eigenvalue weighted by Crippen LogP contribution is 2.30. The summed E-state index contributed by atoms with van der Waals surface area (Å²) in [6.45, 7) is 7.69. The summed E-state index contributed by atoms with van der Waals surface area (Å²) in [6, 6.07) is -0.358. The zero-order chi connectivity index (χ0) is 15.2. The Balaban J connectivity index is 2.50. The van der Waals surface area contributed by atoms with Crippen LogP contribution in [0, 0.1) is 19.8 Å². The maximum atomic E-state index is 12.4. The van der Waals surface area contributed by atoms with Gasteiger partial charge in [-0.1, -0.05) is 26.1 Å². The molecule has 2 heterocycles. The lowest BCUT2D eigenvalue weighted by molar-refractivity contribution is -0.136. The Morgan fingerprint density at radius 1 is 1.35 bits per heavy atom. The lowest BCUT2D eigenvalue weighted by atomic mass is 9.99. The fourth-order valence-electron chi connectivity index (χ4n) is 2.70. The van der Waals surface area contributed by atoms with Crippen LogP contribution in [0.1, 0.15) is 36.4 Å². The van der Waals surface area contributed by atoms with E-state index in [9.17, 15) is 9.59 Å². The number of carbonyl (C=O) groups is 2. The molecule has 20 heavy (non-hydrogen) atoms. The smallest absolute Gasteiger partial charge is 0.334 e. The van der Waals surface area contributed by atoms with Gasteiger partial charge in [0.1, 0.15) is 11.5 Å². The molecule has 108 valence electrons. The molecule has 1 aliphatic rings. The maximum absolute atomic E-state index is 12.4. The van der Waals surface area contributed by atoms with E-state index in [0.29, 0.717) is 16.6 Å². The van der Waals surface area contributed by atoms with E-state index in [2.05, 4.69) is 13.8 Å². The third-order valence-corrected chi connectivity index (χ3v) is 3.99. The molecular formula is C14H18N2O3S. The van der Waals surface area contributed by atoms with Gasteiger partial charge < -0.3 is 5.11 Å². The summed E-state index contributed by atoms with van der Waals surface area (Å²) < 4.78 is 1.55. The molecule has 0 saturated heterocycles. The first-order valence-corrected chi connectivity index (χ1v) is 6.95. The molecule has 0 spiro atoms. The fourth-order valence-corrected chi connectivity index (χ4v) is 3.09. The van der Waals surface area contributed by atoms with Crippen molar-refractivity contribution in [2.24, 2.45) is 5.92 Å². The van der Waals surface area contributed by atoms with Crippen LogP contribution < -0.4 is 0 Å². The Bertz CT molecular complexity index is 577. The van der Waals surface area contributed by atoms with Gasteiger partial charge in [0.05, 0.1) is 5.69 Å². The van der Waals surface area contributed by atoms with Crippen molar-refractivity contribution in [1.29, 1.82) is 0 Å². The molecule has 5 nitrogen and oxygen atoms in total. The molecule has 6 heteroatoms. The van der Waals surface area contributed by atoms with E-state index >= 15 is 0 Å². The fraction of sp³-hybridized carbons (Fsp3) is 0.500. The quantitative estimate of drug-likeness (QED) is 0.866. The molecule has 0 aliphatic carbocycles. The van der Waals surface area contributed by atoms with Gasteiger partial charge in [-0.15, -0.1) is 0 Å². The average Bonchev–Trinajstić information content (AvgIpc) is 2.71. The number of hydrogen-bond acceptors (Lipinski definition) is 3. The van der Waals surface area contributed by atoms with Gasteiger partial charge in [0, 0.05) is 5.69 Å². The second-order valence-electron chi connectivity index (χ2n) is 5.54. The molecule has 0 bridgehead atoms. The summed E-state index contributed by atoms with van der Waals surface area (Å²) >= 11 is 5.29. The zero-order valence-electron chi connectivity index (χ0n) is 12.1. The van der Waals surface area contributed by atoms with Crippen molar-refractivity contribution >= 4 is 29.2 Å². The van der Waals surface area contributed by atoms with Gasteiger partial charge in [-0.3, -0.25) is 14.3 Å². The SMILES string of the molecule is Cc1c(CC(C)C)c(C)n2c1C(=S)N(CC(=O)O)C2=O. The number of aromatic nitrogens is 1. The highest BCUT2D eigenvalue weighted by Gasteiger charge is 2.38. The number of carbonyl (C=O) groups excluding carboxylic acids is 1. The monoisotopic (exact) mass is 294 g/mol. The van der Waals surface area contributed by atoms with Crippen LogP contribution >= 0.6 is 12.2 Å². The highest BCUT2D eigenvalue weighted by atomic mass is 32.1. The maximum Gasteiger partial charge on any atom is 0.334 e. The molecule has 1 aromatic rings. The van der Waals surface area contributed by atoms with Gasteiger partial charge >= 0.3 is 12.0 Å². The molecule has 2 rings (SSSR count). The van der Waals surface area contributed by atoms with E-state index in [1.807, 2.05) is 13.8 Å². The molecule has 0 atom stereocenters. The van der Waals surface area contributed by atoms with Crippen LogP contribution in [0.4, 0.5) is 4.79 Å². The summed E-state index contributed by atoms with van der Waals surface area (Å²) in [5, 5.41) is 8.88. The van der Waals surface area contributed by atoms with Crippen LogP contribution in [-0.4, -0.2) is 38.1 Å². The first-order valence-electron chi connectivity index (χ1n) is 6.54. The third kappa shape index (κ3) is 2.14. The summed E-state index contributed by atoms with van der Waals surface area (Å²) in [5.74, 6) is -0.585. The second kappa shape index (κ2) is 5.01. The van der Waals surface area contributed by atoms with Gasteiger partial charge in [0.25, 0.3) is 0 Å². The van der Waals surface area contributed by atoms with E-state index in [0.717, 1.165) is 28.1 Å². The van der Waals surface area contributed by atoms with E-state index in [4.69, 9.17) is 17.3 Å². The summed E-state index contributed by atoms with van der Waals surface area (Å²) in [7, 11) is 0. The Morgan fingerprint density at radius 2 is 1.95 bits per heavy atom. The number of aliphatic carboxylic acids is 1. The van der Waals surface area contributed by atoms with Crippen molar-refractivity contribution in [2.45, 2.75) is 34.1 Å². The topological polar surface area (TPSA) is 62.5 Å². The largest absolute Gasteiger partial charge is 0.480 e. The Kier molecular flexibility index (Phi) is 3.69. The van der Waals surface area contributed by atoms with Gasteiger partial charge in [-0.2, -0.15) is 0 Å². The number of carboxylic acids is 1. The Morgan fingerprint density at radius 3 is 2.40 bits per heavy atom. The van der Waals surface area contributed by atoms with E-state index < -0.39 is 12.5 Å². The molecule has 0 saturated carbocycles. The van der Waals surface area contributed by atoms with E-state index in [1.54, 1.807) is 4.57 Å². The number of fused-ring (bicyclic) bond motifs is 1. The van der Waals surface area contributed by atoms with Crippen molar-refractivity contribution in [3.05, 3.63) is 22.5 Å². The number of rotatable bonds is 4. The minimum absolute atomic E-state index is 0.313. The van der Waals surface area contributed by atoms with Gasteiger partial charge in [-0.05, 0) is 37.3 Å². The van der Waals surface area contributed by atoms with Crippen molar-refractivity contribution in [3.63, 3.8) is 0 Å². The van der Waals surface area contributed by atoms with Crippen LogP contribution in [0.5, 0.6) is 0 Å². The third-order valence-electron chi connectivity index (χ3n) is 3.58. The molecule has 1 amide bonds. The molecule has 1 N–H and O–H groups in total.